The lowest BCUT2D eigenvalue weighted by Gasteiger charge is -1.94. The molecule has 1 N–H and O–H groups in total. The Morgan fingerprint density at radius 1 is 1.36 bits per heavy atom. The smallest absolute Gasteiger partial charge is 0.268 e. The van der Waals surface area contributed by atoms with Gasteiger partial charge in [-0.1, -0.05) is 0 Å². The number of fused-ring (bicyclic) bond motifs is 1. The molecule has 1 aromatic carbocycles. The van der Waals surface area contributed by atoms with Crippen molar-refractivity contribution in [1.82, 2.24) is 10.2 Å². The molecule has 0 saturated carbocycles. The zero-order valence-electron chi connectivity index (χ0n) is 6.93. The van der Waals surface area contributed by atoms with E-state index >= 15 is 0 Å². The van der Waals surface area contributed by atoms with E-state index in [0.717, 1.165) is 0 Å². The Labute approximate surface area is 77.3 Å². The van der Waals surface area contributed by atoms with Gasteiger partial charge in [-0.25, -0.2) is 5.10 Å². The molecule has 0 aliphatic carbocycles. The molecule has 70 valence electrons. The van der Waals surface area contributed by atoms with Crippen LogP contribution in [0.15, 0.2) is 29.1 Å². The highest BCUT2D eigenvalue weighted by molar-refractivity contribution is 5.80. The maximum atomic E-state index is 10.9. The Kier molecular flexibility index (Phi) is 1.74. The van der Waals surface area contributed by atoms with Gasteiger partial charge < -0.3 is 0 Å². The standard InChI is InChI=1S/C8H5N3O3/c12-8-4-5-3-6(11(13)14)1-2-7(5)9-10-8/h1-4H,(H,10,12). The summed E-state index contributed by atoms with van der Waals surface area (Å²) in [7, 11) is 0. The summed E-state index contributed by atoms with van der Waals surface area (Å²) in [6.45, 7) is 0. The van der Waals surface area contributed by atoms with Gasteiger partial charge in [-0.3, -0.25) is 14.9 Å². The van der Waals surface area contributed by atoms with Crippen molar-refractivity contribution in [1.29, 1.82) is 0 Å². The molecule has 2 aromatic rings. The fraction of sp³-hybridized carbons (Fsp3) is 0. The third kappa shape index (κ3) is 1.33. The number of nitro groups is 1. The zero-order valence-corrected chi connectivity index (χ0v) is 6.93. The molecule has 6 nitrogen and oxygen atoms in total. The SMILES string of the molecule is O=c1cc2cc([N+](=O)[O-])ccc2n[nH]1. The average molecular weight is 191 g/mol. The predicted molar refractivity (Wildman–Crippen MR) is 49.0 cm³/mol. The van der Waals surface area contributed by atoms with Crippen LogP contribution in [0.3, 0.4) is 0 Å². The van der Waals surface area contributed by atoms with Gasteiger partial charge in [0.2, 0.25) is 0 Å². The second-order valence-corrected chi connectivity index (χ2v) is 2.73. The summed E-state index contributed by atoms with van der Waals surface area (Å²) in [5.74, 6) is 0. The molecule has 0 aliphatic heterocycles. The van der Waals surface area contributed by atoms with Gasteiger partial charge in [-0.15, -0.1) is 0 Å². The summed E-state index contributed by atoms with van der Waals surface area (Å²) in [6.07, 6.45) is 0. The quantitative estimate of drug-likeness (QED) is 0.534. The topological polar surface area (TPSA) is 88.9 Å². The highest BCUT2D eigenvalue weighted by atomic mass is 16.6. The van der Waals surface area contributed by atoms with E-state index in [4.69, 9.17) is 0 Å². The second kappa shape index (κ2) is 2.91. The number of rotatable bonds is 1. The molecule has 0 radical (unpaired) electrons. The Morgan fingerprint density at radius 3 is 2.86 bits per heavy atom. The van der Waals surface area contributed by atoms with Crippen molar-refractivity contribution in [3.8, 4) is 0 Å². The van der Waals surface area contributed by atoms with Crippen molar-refractivity contribution >= 4 is 16.6 Å². The van der Waals surface area contributed by atoms with Gasteiger partial charge in [-0.05, 0) is 6.07 Å². The van der Waals surface area contributed by atoms with Gasteiger partial charge in [0.1, 0.15) is 0 Å². The zero-order chi connectivity index (χ0) is 10.1. The first-order valence-electron chi connectivity index (χ1n) is 3.81. The van der Waals surface area contributed by atoms with Crippen LogP contribution < -0.4 is 5.56 Å². The Balaban J connectivity index is 2.75. The highest BCUT2D eigenvalue weighted by Gasteiger charge is 2.06. The summed E-state index contributed by atoms with van der Waals surface area (Å²) >= 11 is 0. The maximum Gasteiger partial charge on any atom is 0.270 e. The van der Waals surface area contributed by atoms with Gasteiger partial charge >= 0.3 is 0 Å². The number of H-pyrrole nitrogens is 1. The van der Waals surface area contributed by atoms with Gasteiger partial charge in [0.25, 0.3) is 11.2 Å². The number of nitro benzene ring substituents is 1. The molecule has 0 amide bonds. The number of aromatic amines is 1. The number of non-ortho nitro benzene ring substituents is 1. The van der Waals surface area contributed by atoms with Crippen LogP contribution in [0.2, 0.25) is 0 Å². The molecule has 0 fully saturated rings. The number of hydrogen-bond acceptors (Lipinski definition) is 4. The molecule has 1 aromatic heterocycles. The lowest BCUT2D eigenvalue weighted by molar-refractivity contribution is -0.384. The largest absolute Gasteiger partial charge is 0.270 e. The summed E-state index contributed by atoms with van der Waals surface area (Å²) in [5.41, 5.74) is 0.0955. The van der Waals surface area contributed by atoms with Crippen molar-refractivity contribution in [3.05, 3.63) is 44.7 Å². The van der Waals surface area contributed by atoms with Crippen LogP contribution >= 0.6 is 0 Å². The van der Waals surface area contributed by atoms with E-state index in [-0.39, 0.29) is 11.2 Å². The first-order chi connectivity index (χ1) is 6.66. The van der Waals surface area contributed by atoms with E-state index in [1.807, 2.05) is 0 Å². The van der Waals surface area contributed by atoms with Crippen molar-refractivity contribution < 1.29 is 4.92 Å². The molecular weight excluding hydrogens is 186 g/mol. The molecule has 2 rings (SSSR count). The van der Waals surface area contributed by atoms with Crippen LogP contribution in [0.25, 0.3) is 10.9 Å². The number of aromatic nitrogens is 2. The van der Waals surface area contributed by atoms with Gasteiger partial charge in [0.05, 0.1) is 10.4 Å². The van der Waals surface area contributed by atoms with Crippen molar-refractivity contribution in [3.63, 3.8) is 0 Å². The van der Waals surface area contributed by atoms with E-state index in [0.29, 0.717) is 10.9 Å². The molecule has 0 aliphatic rings. The van der Waals surface area contributed by atoms with Crippen molar-refractivity contribution in [2.75, 3.05) is 0 Å². The Bertz CT molecular complexity index is 561. The van der Waals surface area contributed by atoms with Crippen LogP contribution in [0.5, 0.6) is 0 Å². The average Bonchev–Trinajstić information content (AvgIpc) is 2.16. The molecule has 0 unspecified atom stereocenters. The molecule has 0 spiro atoms. The van der Waals surface area contributed by atoms with Crippen molar-refractivity contribution in [2.24, 2.45) is 0 Å². The minimum absolute atomic E-state index is 0.0510. The van der Waals surface area contributed by atoms with Crippen LogP contribution in [0.1, 0.15) is 0 Å². The maximum absolute atomic E-state index is 10.9. The van der Waals surface area contributed by atoms with Gasteiger partial charge in [0.15, 0.2) is 0 Å². The molecule has 0 bridgehead atoms. The molecule has 6 heteroatoms. The first-order valence-corrected chi connectivity index (χ1v) is 3.81. The first kappa shape index (κ1) is 8.36. The summed E-state index contributed by atoms with van der Waals surface area (Å²) in [5, 5.41) is 16.9. The molecular formula is C8H5N3O3. The summed E-state index contributed by atoms with van der Waals surface area (Å²) in [4.78, 5) is 20.8. The monoisotopic (exact) mass is 191 g/mol. The second-order valence-electron chi connectivity index (χ2n) is 2.73. The molecule has 1 heterocycles. The lowest BCUT2D eigenvalue weighted by atomic mass is 10.2. The molecule has 14 heavy (non-hydrogen) atoms. The van der Waals surface area contributed by atoms with Crippen LogP contribution in [0, 0.1) is 10.1 Å². The number of nitrogens with zero attached hydrogens (tertiary/aromatic N) is 2. The third-order valence-electron chi connectivity index (χ3n) is 1.80. The van der Waals surface area contributed by atoms with E-state index in [1.165, 1.54) is 24.3 Å². The predicted octanol–water partition coefficient (Wildman–Crippen LogP) is 0.831. The Morgan fingerprint density at radius 2 is 2.14 bits per heavy atom. The summed E-state index contributed by atoms with van der Waals surface area (Å²) < 4.78 is 0. The van der Waals surface area contributed by atoms with Gasteiger partial charge in [-0.2, -0.15) is 5.10 Å². The number of hydrogen-bond donors (Lipinski definition) is 1. The van der Waals surface area contributed by atoms with E-state index in [9.17, 15) is 14.9 Å². The summed E-state index contributed by atoms with van der Waals surface area (Å²) in [6, 6.07) is 5.42. The van der Waals surface area contributed by atoms with E-state index in [1.54, 1.807) is 0 Å². The minimum Gasteiger partial charge on any atom is -0.268 e. The third-order valence-corrected chi connectivity index (χ3v) is 1.80. The number of benzene rings is 1. The molecule has 0 atom stereocenters. The molecule has 0 saturated heterocycles. The lowest BCUT2D eigenvalue weighted by Crippen LogP contribution is -2.05. The van der Waals surface area contributed by atoms with Gasteiger partial charge in [0, 0.05) is 23.6 Å². The van der Waals surface area contributed by atoms with Crippen LogP contribution in [-0.2, 0) is 0 Å². The van der Waals surface area contributed by atoms with Crippen LogP contribution in [-0.4, -0.2) is 15.1 Å². The van der Waals surface area contributed by atoms with Crippen LogP contribution in [0.4, 0.5) is 5.69 Å². The van der Waals surface area contributed by atoms with Crippen molar-refractivity contribution in [2.45, 2.75) is 0 Å². The highest BCUT2D eigenvalue weighted by Crippen LogP contribution is 2.16. The van der Waals surface area contributed by atoms with E-state index < -0.39 is 4.92 Å². The minimum atomic E-state index is -0.513. The normalized spacial score (nSPS) is 10.3. The fourth-order valence-electron chi connectivity index (χ4n) is 1.16. The fourth-order valence-corrected chi connectivity index (χ4v) is 1.16. The van der Waals surface area contributed by atoms with E-state index in [2.05, 4.69) is 10.2 Å². The number of nitrogens with one attached hydrogen (secondary N) is 1. The Hall–Kier alpha value is -2.24.